The van der Waals surface area contributed by atoms with Crippen molar-refractivity contribution in [1.82, 2.24) is 15.6 Å². The Hall–Kier alpha value is -1.61. The lowest BCUT2D eigenvalue weighted by Gasteiger charge is -2.11. The van der Waals surface area contributed by atoms with Crippen LogP contribution in [0, 0.1) is 13.8 Å². The van der Waals surface area contributed by atoms with Crippen LogP contribution >= 0.6 is 24.0 Å². The molecule has 2 aromatic rings. The molecular formula is C20H31IN4O2. The Morgan fingerprint density at radius 3 is 2.59 bits per heavy atom. The molecule has 0 atom stereocenters. The molecule has 27 heavy (non-hydrogen) atoms. The predicted octanol–water partition coefficient (Wildman–Crippen LogP) is 4.09. The van der Waals surface area contributed by atoms with E-state index in [9.17, 15) is 0 Å². The third kappa shape index (κ3) is 8.30. The molecule has 0 aliphatic rings. The normalized spacial score (nSPS) is 11.4. The second-order valence-electron chi connectivity index (χ2n) is 6.48. The minimum absolute atomic E-state index is 0. The van der Waals surface area contributed by atoms with Gasteiger partial charge in [-0.25, -0.2) is 9.98 Å². The van der Waals surface area contributed by atoms with E-state index in [4.69, 9.17) is 9.15 Å². The fourth-order valence-corrected chi connectivity index (χ4v) is 2.37. The van der Waals surface area contributed by atoms with Gasteiger partial charge in [0, 0.05) is 6.54 Å². The highest BCUT2D eigenvalue weighted by molar-refractivity contribution is 14.0. The molecule has 0 saturated heterocycles. The summed E-state index contributed by atoms with van der Waals surface area (Å²) in [6, 6.07) is 8.33. The molecule has 1 aromatic heterocycles. The van der Waals surface area contributed by atoms with Gasteiger partial charge in [0.05, 0.1) is 31.5 Å². The highest BCUT2D eigenvalue weighted by Gasteiger charge is 2.06. The third-order valence-electron chi connectivity index (χ3n) is 3.82. The molecule has 0 bridgehead atoms. The summed E-state index contributed by atoms with van der Waals surface area (Å²) in [7, 11) is 0. The SMILES string of the molecule is CCNC(=NCc1cccc(COC(C)C)c1)NCc1nc(C)c(C)o1.I. The number of benzene rings is 1. The van der Waals surface area contributed by atoms with Gasteiger partial charge in [-0.2, -0.15) is 0 Å². The molecule has 0 spiro atoms. The van der Waals surface area contributed by atoms with Gasteiger partial charge in [-0.3, -0.25) is 0 Å². The number of halogens is 1. The van der Waals surface area contributed by atoms with Crippen LogP contribution in [0.25, 0.3) is 0 Å². The Kier molecular flexibility index (Phi) is 10.4. The summed E-state index contributed by atoms with van der Waals surface area (Å²) in [5, 5.41) is 6.50. The average molecular weight is 486 g/mol. The van der Waals surface area contributed by atoms with E-state index < -0.39 is 0 Å². The number of nitrogens with zero attached hydrogens (tertiary/aromatic N) is 2. The van der Waals surface area contributed by atoms with Crippen LogP contribution in [0.15, 0.2) is 33.7 Å². The smallest absolute Gasteiger partial charge is 0.214 e. The Balaban J connectivity index is 0.00000364. The van der Waals surface area contributed by atoms with E-state index in [2.05, 4.69) is 38.8 Å². The van der Waals surface area contributed by atoms with Gasteiger partial charge in [0.25, 0.3) is 0 Å². The predicted molar refractivity (Wildman–Crippen MR) is 119 cm³/mol. The molecule has 1 heterocycles. The molecule has 0 aliphatic carbocycles. The average Bonchev–Trinajstić information content (AvgIpc) is 2.94. The third-order valence-corrected chi connectivity index (χ3v) is 3.82. The van der Waals surface area contributed by atoms with Crippen LogP contribution < -0.4 is 10.6 Å². The zero-order valence-corrected chi connectivity index (χ0v) is 19.2. The van der Waals surface area contributed by atoms with E-state index in [0.717, 1.165) is 35.1 Å². The second-order valence-corrected chi connectivity index (χ2v) is 6.48. The summed E-state index contributed by atoms with van der Waals surface area (Å²) < 4.78 is 11.3. The Bertz CT molecular complexity index is 709. The molecule has 1 aromatic carbocycles. The van der Waals surface area contributed by atoms with Crippen LogP contribution in [0.3, 0.4) is 0 Å². The van der Waals surface area contributed by atoms with Gasteiger partial charge in [-0.1, -0.05) is 24.3 Å². The van der Waals surface area contributed by atoms with Crippen LogP contribution in [0.4, 0.5) is 0 Å². The zero-order valence-electron chi connectivity index (χ0n) is 16.8. The number of guanidine groups is 1. The minimum atomic E-state index is 0. The van der Waals surface area contributed by atoms with Crippen molar-refractivity contribution in [2.75, 3.05) is 6.54 Å². The summed E-state index contributed by atoms with van der Waals surface area (Å²) in [4.78, 5) is 9.03. The van der Waals surface area contributed by atoms with Gasteiger partial charge in [0.2, 0.25) is 5.89 Å². The van der Waals surface area contributed by atoms with Gasteiger partial charge in [0.15, 0.2) is 5.96 Å². The molecule has 2 rings (SSSR count). The van der Waals surface area contributed by atoms with E-state index in [1.165, 1.54) is 0 Å². The van der Waals surface area contributed by atoms with Gasteiger partial charge in [-0.05, 0) is 45.7 Å². The van der Waals surface area contributed by atoms with E-state index in [-0.39, 0.29) is 30.1 Å². The fraction of sp³-hybridized carbons (Fsp3) is 0.500. The first-order chi connectivity index (χ1) is 12.5. The van der Waals surface area contributed by atoms with Crippen molar-refractivity contribution in [3.63, 3.8) is 0 Å². The first-order valence-electron chi connectivity index (χ1n) is 9.12. The lowest BCUT2D eigenvalue weighted by Crippen LogP contribution is -2.36. The van der Waals surface area contributed by atoms with Crippen molar-refractivity contribution in [2.45, 2.75) is 60.4 Å². The number of aromatic nitrogens is 1. The quantitative estimate of drug-likeness (QED) is 0.334. The number of ether oxygens (including phenoxy) is 1. The molecule has 0 saturated carbocycles. The van der Waals surface area contributed by atoms with E-state index in [1.807, 2.05) is 40.7 Å². The highest BCUT2D eigenvalue weighted by atomic mass is 127. The summed E-state index contributed by atoms with van der Waals surface area (Å²) in [6.07, 6.45) is 0.226. The van der Waals surface area contributed by atoms with Crippen LogP contribution in [-0.4, -0.2) is 23.6 Å². The van der Waals surface area contributed by atoms with Crippen LogP contribution in [-0.2, 0) is 24.4 Å². The number of aliphatic imine (C=N–C) groups is 1. The monoisotopic (exact) mass is 486 g/mol. The molecule has 2 N–H and O–H groups in total. The van der Waals surface area contributed by atoms with Crippen molar-refractivity contribution >= 4 is 29.9 Å². The second kappa shape index (κ2) is 12.0. The van der Waals surface area contributed by atoms with Crippen molar-refractivity contribution < 1.29 is 9.15 Å². The molecule has 150 valence electrons. The Morgan fingerprint density at radius 1 is 1.22 bits per heavy atom. The number of aryl methyl sites for hydroxylation is 2. The van der Waals surface area contributed by atoms with E-state index in [0.29, 0.717) is 25.6 Å². The van der Waals surface area contributed by atoms with Crippen LogP contribution in [0.1, 0.15) is 49.2 Å². The Morgan fingerprint density at radius 2 is 1.96 bits per heavy atom. The molecule has 0 fully saturated rings. The van der Waals surface area contributed by atoms with Crippen molar-refractivity contribution in [1.29, 1.82) is 0 Å². The zero-order chi connectivity index (χ0) is 18.9. The first-order valence-corrected chi connectivity index (χ1v) is 9.12. The van der Waals surface area contributed by atoms with Crippen molar-refractivity contribution in [2.24, 2.45) is 4.99 Å². The minimum Gasteiger partial charge on any atom is -0.444 e. The summed E-state index contributed by atoms with van der Waals surface area (Å²) in [6.45, 7) is 12.5. The van der Waals surface area contributed by atoms with Gasteiger partial charge >= 0.3 is 0 Å². The lowest BCUT2D eigenvalue weighted by atomic mass is 10.1. The number of oxazole rings is 1. The maximum Gasteiger partial charge on any atom is 0.214 e. The number of nitrogens with one attached hydrogen (secondary N) is 2. The van der Waals surface area contributed by atoms with Crippen LogP contribution in [0.2, 0.25) is 0 Å². The van der Waals surface area contributed by atoms with Gasteiger partial charge < -0.3 is 19.8 Å². The largest absolute Gasteiger partial charge is 0.444 e. The Labute approximate surface area is 179 Å². The number of rotatable bonds is 8. The maximum absolute atomic E-state index is 5.67. The lowest BCUT2D eigenvalue weighted by molar-refractivity contribution is 0.0657. The molecule has 0 amide bonds. The molecule has 0 aliphatic heterocycles. The van der Waals surface area contributed by atoms with Crippen molar-refractivity contribution in [3.05, 3.63) is 52.7 Å². The van der Waals surface area contributed by atoms with Gasteiger partial charge in [0.1, 0.15) is 5.76 Å². The molecule has 0 radical (unpaired) electrons. The van der Waals surface area contributed by atoms with Gasteiger partial charge in [-0.15, -0.1) is 24.0 Å². The van der Waals surface area contributed by atoms with E-state index in [1.54, 1.807) is 0 Å². The summed E-state index contributed by atoms with van der Waals surface area (Å²) in [5.74, 6) is 2.26. The number of hydrogen-bond donors (Lipinski definition) is 2. The van der Waals surface area contributed by atoms with Crippen LogP contribution in [0.5, 0.6) is 0 Å². The summed E-state index contributed by atoms with van der Waals surface area (Å²) in [5.41, 5.74) is 3.23. The van der Waals surface area contributed by atoms with Crippen molar-refractivity contribution in [3.8, 4) is 0 Å². The number of hydrogen-bond acceptors (Lipinski definition) is 4. The molecule has 6 nitrogen and oxygen atoms in total. The molecular weight excluding hydrogens is 455 g/mol. The standard InChI is InChI=1S/C20H30N4O2.HI/c1-6-21-20(23-12-19-24-15(4)16(5)26-19)22-11-17-8-7-9-18(10-17)13-25-14(2)3;/h7-10,14H,6,11-13H2,1-5H3,(H2,21,22,23);1H. The first kappa shape index (κ1) is 23.4. The fourth-order valence-electron chi connectivity index (χ4n) is 2.37. The molecule has 0 unspecified atom stereocenters. The van der Waals surface area contributed by atoms with E-state index >= 15 is 0 Å². The topological polar surface area (TPSA) is 71.7 Å². The highest BCUT2D eigenvalue weighted by Crippen LogP contribution is 2.10. The summed E-state index contributed by atoms with van der Waals surface area (Å²) >= 11 is 0. The maximum atomic E-state index is 5.67. The molecule has 7 heteroatoms.